The zero-order valence-corrected chi connectivity index (χ0v) is 17.0. The third-order valence-electron chi connectivity index (χ3n) is 5.75. The maximum absolute atomic E-state index is 5.12. The maximum atomic E-state index is 5.12. The Kier molecular flexibility index (Phi) is 3.57. The van der Waals surface area contributed by atoms with Crippen molar-refractivity contribution < 1.29 is 0 Å². The molecule has 0 aliphatic rings. The summed E-state index contributed by atoms with van der Waals surface area (Å²) in [7, 11) is 0. The first kappa shape index (κ1) is 16.9. The Labute approximate surface area is 164 Å². The summed E-state index contributed by atoms with van der Waals surface area (Å²) in [5, 5.41) is 1.08. The SMILES string of the molecule is Cc1cc(C)c(-c2nc3ccccc3c3nc4cc(C)c(C)cc4n23)c(C)c1. The number of aryl methyl sites for hydroxylation is 5. The van der Waals surface area contributed by atoms with Crippen molar-refractivity contribution in [2.24, 2.45) is 0 Å². The first-order chi connectivity index (χ1) is 13.4. The topological polar surface area (TPSA) is 30.2 Å². The lowest BCUT2D eigenvalue weighted by Crippen LogP contribution is -2.01. The van der Waals surface area contributed by atoms with Crippen molar-refractivity contribution in [2.45, 2.75) is 34.6 Å². The van der Waals surface area contributed by atoms with Crippen LogP contribution in [0.3, 0.4) is 0 Å². The third-order valence-corrected chi connectivity index (χ3v) is 5.75. The summed E-state index contributed by atoms with van der Waals surface area (Å²) >= 11 is 0. The average molecular weight is 365 g/mol. The van der Waals surface area contributed by atoms with E-state index in [0.717, 1.165) is 33.4 Å². The summed E-state index contributed by atoms with van der Waals surface area (Å²) in [6.45, 7) is 10.8. The van der Waals surface area contributed by atoms with Crippen LogP contribution in [0.5, 0.6) is 0 Å². The molecule has 0 saturated carbocycles. The molecule has 138 valence electrons. The fraction of sp³-hybridized carbons (Fsp3) is 0.200. The number of imidazole rings is 1. The van der Waals surface area contributed by atoms with Crippen molar-refractivity contribution in [3.8, 4) is 11.4 Å². The Morgan fingerprint density at radius 1 is 0.679 bits per heavy atom. The summed E-state index contributed by atoms with van der Waals surface area (Å²) in [6, 6.07) is 17.2. The van der Waals surface area contributed by atoms with Crippen LogP contribution in [0, 0.1) is 34.6 Å². The highest BCUT2D eigenvalue weighted by Crippen LogP contribution is 2.33. The minimum absolute atomic E-state index is 0.967. The van der Waals surface area contributed by atoms with Crippen LogP contribution in [0.1, 0.15) is 27.8 Å². The number of benzene rings is 3. The molecular weight excluding hydrogens is 342 g/mol. The molecule has 0 amide bonds. The molecule has 2 heterocycles. The van der Waals surface area contributed by atoms with E-state index >= 15 is 0 Å². The van der Waals surface area contributed by atoms with Crippen molar-refractivity contribution in [2.75, 3.05) is 0 Å². The van der Waals surface area contributed by atoms with Crippen molar-refractivity contribution in [3.05, 3.63) is 76.3 Å². The fourth-order valence-corrected chi connectivity index (χ4v) is 4.35. The molecule has 5 aromatic rings. The fourth-order valence-electron chi connectivity index (χ4n) is 4.35. The van der Waals surface area contributed by atoms with Crippen molar-refractivity contribution in [1.29, 1.82) is 0 Å². The van der Waals surface area contributed by atoms with Gasteiger partial charge in [0.05, 0.1) is 16.6 Å². The molecule has 0 unspecified atom stereocenters. The maximum Gasteiger partial charge on any atom is 0.149 e. The van der Waals surface area contributed by atoms with E-state index in [9.17, 15) is 0 Å². The standard InChI is InChI=1S/C25H23N3/c1-14-10-17(4)23(18(5)11-14)25-26-20-9-7-6-8-19(20)24-27-21-12-15(2)16(3)13-22(21)28(24)25/h6-13H,1-5H3. The monoisotopic (exact) mass is 365 g/mol. The van der Waals surface area contributed by atoms with Crippen LogP contribution < -0.4 is 0 Å². The van der Waals surface area contributed by atoms with Gasteiger partial charge in [-0.15, -0.1) is 0 Å². The van der Waals surface area contributed by atoms with Gasteiger partial charge in [-0.3, -0.25) is 4.40 Å². The van der Waals surface area contributed by atoms with E-state index in [1.54, 1.807) is 0 Å². The van der Waals surface area contributed by atoms with E-state index in [2.05, 4.69) is 81.5 Å². The molecule has 0 bridgehead atoms. The van der Waals surface area contributed by atoms with Crippen molar-refractivity contribution in [1.82, 2.24) is 14.4 Å². The van der Waals surface area contributed by atoms with Crippen LogP contribution in [0.25, 0.3) is 39.0 Å². The van der Waals surface area contributed by atoms with Gasteiger partial charge < -0.3 is 0 Å². The van der Waals surface area contributed by atoms with E-state index in [1.165, 1.54) is 33.4 Å². The number of hydrogen-bond acceptors (Lipinski definition) is 2. The van der Waals surface area contributed by atoms with E-state index < -0.39 is 0 Å². The summed E-state index contributed by atoms with van der Waals surface area (Å²) in [5.41, 5.74) is 11.6. The van der Waals surface area contributed by atoms with Gasteiger partial charge in [0.2, 0.25) is 0 Å². The summed E-state index contributed by atoms with van der Waals surface area (Å²) in [6.07, 6.45) is 0. The number of fused-ring (bicyclic) bond motifs is 5. The van der Waals surface area contributed by atoms with Crippen molar-refractivity contribution in [3.63, 3.8) is 0 Å². The molecule has 0 atom stereocenters. The summed E-state index contributed by atoms with van der Waals surface area (Å²) in [5.74, 6) is 0.967. The predicted octanol–water partition coefficient (Wildman–Crippen LogP) is 6.24. The van der Waals surface area contributed by atoms with Gasteiger partial charge >= 0.3 is 0 Å². The van der Waals surface area contributed by atoms with Gasteiger partial charge in [0, 0.05) is 10.9 Å². The van der Waals surface area contributed by atoms with Gasteiger partial charge in [-0.05, 0) is 81.1 Å². The quantitative estimate of drug-likeness (QED) is 0.352. The number of para-hydroxylation sites is 1. The van der Waals surface area contributed by atoms with E-state index in [1.807, 2.05) is 6.07 Å². The Balaban J connectivity index is 2.05. The Bertz CT molecular complexity index is 1380. The number of aromatic nitrogens is 3. The smallest absolute Gasteiger partial charge is 0.149 e. The minimum atomic E-state index is 0.967. The molecule has 0 radical (unpaired) electrons. The summed E-state index contributed by atoms with van der Waals surface area (Å²) < 4.78 is 2.24. The highest BCUT2D eigenvalue weighted by molar-refractivity contribution is 5.98. The van der Waals surface area contributed by atoms with Crippen LogP contribution in [0.4, 0.5) is 0 Å². The predicted molar refractivity (Wildman–Crippen MR) is 117 cm³/mol. The number of nitrogens with zero attached hydrogens (tertiary/aromatic N) is 3. The van der Waals surface area contributed by atoms with Gasteiger partial charge in [-0.1, -0.05) is 29.8 Å². The third kappa shape index (κ3) is 2.36. The molecule has 0 fully saturated rings. The van der Waals surface area contributed by atoms with E-state index in [4.69, 9.17) is 9.97 Å². The molecule has 3 nitrogen and oxygen atoms in total. The Morgan fingerprint density at radius 2 is 1.36 bits per heavy atom. The Hall–Kier alpha value is -3.20. The first-order valence-corrected chi connectivity index (χ1v) is 9.70. The highest BCUT2D eigenvalue weighted by Gasteiger charge is 2.18. The second-order valence-corrected chi connectivity index (χ2v) is 7.92. The molecule has 0 aliphatic heterocycles. The van der Waals surface area contributed by atoms with Crippen LogP contribution in [-0.2, 0) is 0 Å². The molecule has 2 aromatic heterocycles. The van der Waals surface area contributed by atoms with Crippen LogP contribution in [0.2, 0.25) is 0 Å². The largest absolute Gasteiger partial charge is 0.276 e. The highest BCUT2D eigenvalue weighted by atomic mass is 15.1. The first-order valence-electron chi connectivity index (χ1n) is 9.70. The molecular formula is C25H23N3. The lowest BCUT2D eigenvalue weighted by Gasteiger charge is -2.14. The Morgan fingerprint density at radius 3 is 2.11 bits per heavy atom. The van der Waals surface area contributed by atoms with Crippen LogP contribution in [0.15, 0.2) is 48.5 Å². The lowest BCUT2D eigenvalue weighted by molar-refractivity contribution is 1.14. The normalized spacial score (nSPS) is 11.8. The van der Waals surface area contributed by atoms with Crippen LogP contribution in [-0.4, -0.2) is 14.4 Å². The van der Waals surface area contributed by atoms with Gasteiger partial charge in [-0.25, -0.2) is 9.97 Å². The molecule has 5 rings (SSSR count). The van der Waals surface area contributed by atoms with Crippen LogP contribution >= 0.6 is 0 Å². The molecule has 0 N–H and O–H groups in total. The molecule has 28 heavy (non-hydrogen) atoms. The zero-order chi connectivity index (χ0) is 19.6. The molecule has 0 aliphatic carbocycles. The van der Waals surface area contributed by atoms with Crippen molar-refractivity contribution >= 4 is 27.6 Å². The van der Waals surface area contributed by atoms with Gasteiger partial charge in [0.1, 0.15) is 11.5 Å². The van der Waals surface area contributed by atoms with Gasteiger partial charge in [-0.2, -0.15) is 0 Å². The molecule has 0 saturated heterocycles. The lowest BCUT2D eigenvalue weighted by atomic mass is 9.99. The zero-order valence-electron chi connectivity index (χ0n) is 17.0. The van der Waals surface area contributed by atoms with E-state index in [-0.39, 0.29) is 0 Å². The van der Waals surface area contributed by atoms with Gasteiger partial charge in [0.25, 0.3) is 0 Å². The minimum Gasteiger partial charge on any atom is -0.276 e. The molecule has 3 heteroatoms. The average Bonchev–Trinajstić information content (AvgIpc) is 3.00. The van der Waals surface area contributed by atoms with Gasteiger partial charge in [0.15, 0.2) is 0 Å². The number of rotatable bonds is 1. The summed E-state index contributed by atoms with van der Waals surface area (Å²) in [4.78, 5) is 10.2. The molecule has 0 spiro atoms. The molecule has 3 aromatic carbocycles. The number of hydrogen-bond donors (Lipinski definition) is 0. The second kappa shape index (κ2) is 5.90. The van der Waals surface area contributed by atoms with E-state index in [0.29, 0.717) is 0 Å². The second-order valence-electron chi connectivity index (χ2n) is 7.92.